The van der Waals surface area contributed by atoms with Crippen LogP contribution < -0.4 is 5.32 Å². The van der Waals surface area contributed by atoms with Gasteiger partial charge in [0.2, 0.25) is 0 Å². The Hall–Kier alpha value is -0.820. The Balaban J connectivity index is 1.65. The second-order valence-electron chi connectivity index (χ2n) is 6.80. The van der Waals surface area contributed by atoms with Crippen molar-refractivity contribution in [1.29, 1.82) is 0 Å². The zero-order chi connectivity index (χ0) is 13.2. The maximum Gasteiger partial charge on any atom is 0.00683 e. The molecule has 1 nitrogen and oxygen atoms in total. The average molecular weight is 257 g/mol. The monoisotopic (exact) mass is 257 g/mol. The lowest BCUT2D eigenvalue weighted by Crippen LogP contribution is -2.26. The summed E-state index contributed by atoms with van der Waals surface area (Å²) in [6.07, 6.45) is 7.02. The molecule has 0 heterocycles. The van der Waals surface area contributed by atoms with E-state index in [9.17, 15) is 0 Å². The maximum atomic E-state index is 3.73. The lowest BCUT2D eigenvalue weighted by Gasteiger charge is -2.21. The molecule has 0 spiro atoms. The number of benzene rings is 1. The summed E-state index contributed by atoms with van der Waals surface area (Å²) in [5, 5.41) is 3.73. The minimum absolute atomic E-state index is 0.643. The molecule has 2 fully saturated rings. The summed E-state index contributed by atoms with van der Waals surface area (Å²) in [6.45, 7) is 5.78. The molecule has 2 atom stereocenters. The Morgan fingerprint density at radius 2 is 1.79 bits per heavy atom. The standard InChI is InChI=1S/C18H27N/c1-13(2)14-6-8-15(9-7-14)18-5-3-4-16(18)12-19-17-10-11-17/h6-9,13,16-19H,3-5,10-12H2,1-2H3. The summed E-state index contributed by atoms with van der Waals surface area (Å²) in [5.74, 6) is 2.31. The van der Waals surface area contributed by atoms with Gasteiger partial charge in [0.15, 0.2) is 0 Å². The highest BCUT2D eigenvalue weighted by Crippen LogP contribution is 2.40. The lowest BCUT2D eigenvalue weighted by molar-refractivity contribution is 0.442. The molecule has 1 aromatic carbocycles. The fraction of sp³-hybridized carbons (Fsp3) is 0.667. The van der Waals surface area contributed by atoms with E-state index in [1.165, 1.54) is 44.2 Å². The number of hydrogen-bond donors (Lipinski definition) is 1. The predicted octanol–water partition coefficient (Wildman–Crippen LogP) is 4.45. The molecular weight excluding hydrogens is 230 g/mol. The first-order chi connectivity index (χ1) is 9.24. The fourth-order valence-electron chi connectivity index (χ4n) is 3.45. The van der Waals surface area contributed by atoms with Gasteiger partial charge in [0, 0.05) is 6.04 Å². The van der Waals surface area contributed by atoms with E-state index in [1.54, 1.807) is 5.56 Å². The van der Waals surface area contributed by atoms with Gasteiger partial charge < -0.3 is 5.32 Å². The highest BCUT2D eigenvalue weighted by Gasteiger charge is 2.30. The van der Waals surface area contributed by atoms with Crippen LogP contribution in [0.25, 0.3) is 0 Å². The molecule has 1 aromatic rings. The normalized spacial score (nSPS) is 27.1. The van der Waals surface area contributed by atoms with Crippen molar-refractivity contribution >= 4 is 0 Å². The highest BCUT2D eigenvalue weighted by molar-refractivity contribution is 5.28. The van der Waals surface area contributed by atoms with Crippen LogP contribution in [0.15, 0.2) is 24.3 Å². The zero-order valence-corrected chi connectivity index (χ0v) is 12.4. The predicted molar refractivity (Wildman–Crippen MR) is 81.6 cm³/mol. The van der Waals surface area contributed by atoms with Crippen LogP contribution in [0.4, 0.5) is 0 Å². The Morgan fingerprint density at radius 1 is 1.05 bits per heavy atom. The van der Waals surface area contributed by atoms with Crippen LogP contribution in [0.5, 0.6) is 0 Å². The first kappa shape index (κ1) is 13.2. The summed E-state index contributed by atoms with van der Waals surface area (Å²) in [7, 11) is 0. The van der Waals surface area contributed by atoms with Crippen molar-refractivity contribution in [3.63, 3.8) is 0 Å². The topological polar surface area (TPSA) is 12.0 Å². The first-order valence-corrected chi connectivity index (χ1v) is 8.07. The van der Waals surface area contributed by atoms with Gasteiger partial charge in [0.1, 0.15) is 0 Å². The van der Waals surface area contributed by atoms with E-state index in [0.717, 1.165) is 17.9 Å². The van der Waals surface area contributed by atoms with Gasteiger partial charge in [-0.1, -0.05) is 44.5 Å². The van der Waals surface area contributed by atoms with E-state index in [1.807, 2.05) is 0 Å². The van der Waals surface area contributed by atoms with E-state index < -0.39 is 0 Å². The van der Waals surface area contributed by atoms with Gasteiger partial charge in [-0.05, 0) is 61.1 Å². The summed E-state index contributed by atoms with van der Waals surface area (Å²) in [5.41, 5.74) is 3.04. The van der Waals surface area contributed by atoms with Crippen molar-refractivity contribution in [3.05, 3.63) is 35.4 Å². The van der Waals surface area contributed by atoms with Crippen LogP contribution in [-0.4, -0.2) is 12.6 Å². The third kappa shape index (κ3) is 3.20. The number of nitrogens with one attached hydrogen (secondary N) is 1. The van der Waals surface area contributed by atoms with Crippen LogP contribution in [-0.2, 0) is 0 Å². The van der Waals surface area contributed by atoms with Crippen molar-refractivity contribution in [2.24, 2.45) is 5.92 Å². The second kappa shape index (κ2) is 5.66. The fourth-order valence-corrected chi connectivity index (χ4v) is 3.45. The molecule has 3 rings (SSSR count). The van der Waals surface area contributed by atoms with Crippen LogP contribution in [0, 0.1) is 5.92 Å². The smallest absolute Gasteiger partial charge is 0.00683 e. The van der Waals surface area contributed by atoms with Crippen LogP contribution >= 0.6 is 0 Å². The van der Waals surface area contributed by atoms with Crippen molar-refractivity contribution in [2.45, 2.75) is 63.8 Å². The van der Waals surface area contributed by atoms with E-state index in [0.29, 0.717) is 5.92 Å². The van der Waals surface area contributed by atoms with Crippen LogP contribution in [0.2, 0.25) is 0 Å². The molecule has 2 saturated carbocycles. The summed E-state index contributed by atoms with van der Waals surface area (Å²) in [4.78, 5) is 0. The highest BCUT2D eigenvalue weighted by atomic mass is 14.9. The van der Waals surface area contributed by atoms with Gasteiger partial charge in [0.25, 0.3) is 0 Å². The lowest BCUT2D eigenvalue weighted by atomic mass is 9.87. The molecule has 0 aliphatic heterocycles. The molecule has 2 aliphatic carbocycles. The van der Waals surface area contributed by atoms with Gasteiger partial charge >= 0.3 is 0 Å². The van der Waals surface area contributed by atoms with E-state index in [-0.39, 0.29) is 0 Å². The molecule has 2 aliphatic rings. The molecule has 0 bridgehead atoms. The Morgan fingerprint density at radius 3 is 2.42 bits per heavy atom. The van der Waals surface area contributed by atoms with Crippen molar-refractivity contribution in [3.8, 4) is 0 Å². The molecule has 0 aromatic heterocycles. The Kier molecular flexibility index (Phi) is 3.93. The zero-order valence-electron chi connectivity index (χ0n) is 12.4. The largest absolute Gasteiger partial charge is 0.314 e. The number of rotatable bonds is 5. The molecular formula is C18H27N. The van der Waals surface area contributed by atoms with E-state index in [4.69, 9.17) is 0 Å². The van der Waals surface area contributed by atoms with E-state index in [2.05, 4.69) is 43.4 Å². The molecule has 2 unspecified atom stereocenters. The third-order valence-corrected chi connectivity index (χ3v) is 4.94. The molecule has 0 amide bonds. The minimum Gasteiger partial charge on any atom is -0.314 e. The molecule has 19 heavy (non-hydrogen) atoms. The van der Waals surface area contributed by atoms with Gasteiger partial charge in [-0.15, -0.1) is 0 Å². The second-order valence-corrected chi connectivity index (χ2v) is 6.80. The van der Waals surface area contributed by atoms with Crippen LogP contribution in [0.3, 0.4) is 0 Å². The van der Waals surface area contributed by atoms with Gasteiger partial charge in [0.05, 0.1) is 0 Å². The Bertz CT molecular complexity index is 402. The van der Waals surface area contributed by atoms with E-state index >= 15 is 0 Å². The van der Waals surface area contributed by atoms with Crippen LogP contribution in [0.1, 0.15) is 68.9 Å². The van der Waals surface area contributed by atoms with Crippen molar-refractivity contribution in [1.82, 2.24) is 5.32 Å². The minimum atomic E-state index is 0.643. The SMILES string of the molecule is CC(C)c1ccc(C2CCCC2CNC2CC2)cc1. The van der Waals surface area contributed by atoms with Gasteiger partial charge in [-0.25, -0.2) is 0 Å². The average Bonchev–Trinajstić information content (AvgIpc) is 3.13. The van der Waals surface area contributed by atoms with Crippen molar-refractivity contribution < 1.29 is 0 Å². The van der Waals surface area contributed by atoms with Gasteiger partial charge in [-0.2, -0.15) is 0 Å². The third-order valence-electron chi connectivity index (χ3n) is 4.94. The molecule has 1 heteroatoms. The first-order valence-electron chi connectivity index (χ1n) is 8.07. The molecule has 104 valence electrons. The maximum absolute atomic E-state index is 3.73. The van der Waals surface area contributed by atoms with Crippen molar-refractivity contribution in [2.75, 3.05) is 6.54 Å². The van der Waals surface area contributed by atoms with Gasteiger partial charge in [-0.3, -0.25) is 0 Å². The molecule has 0 saturated heterocycles. The quantitative estimate of drug-likeness (QED) is 0.822. The number of hydrogen-bond acceptors (Lipinski definition) is 1. The summed E-state index contributed by atoms with van der Waals surface area (Å²) in [6, 6.07) is 10.3. The summed E-state index contributed by atoms with van der Waals surface area (Å²) < 4.78 is 0. The Labute approximate surface area is 117 Å². The molecule has 0 radical (unpaired) electrons. The summed E-state index contributed by atoms with van der Waals surface area (Å²) >= 11 is 0. The molecule has 1 N–H and O–H groups in total.